The minimum atomic E-state index is -3.22. The van der Waals surface area contributed by atoms with Crippen molar-refractivity contribution in [2.24, 2.45) is 7.05 Å². The van der Waals surface area contributed by atoms with Crippen molar-refractivity contribution in [3.05, 3.63) is 24.0 Å². The highest BCUT2D eigenvalue weighted by molar-refractivity contribution is 7.89. The Labute approximate surface area is 108 Å². The molecule has 1 aliphatic heterocycles. The Hall–Kier alpha value is -0.850. The SMILES string of the molecule is COCCS(=O)(=O)N1CCC[C@H]1c1cccn1C. The maximum absolute atomic E-state index is 12.2. The zero-order valence-corrected chi connectivity index (χ0v) is 11.7. The zero-order valence-electron chi connectivity index (χ0n) is 10.9. The molecule has 1 aliphatic rings. The van der Waals surface area contributed by atoms with Gasteiger partial charge in [0.15, 0.2) is 0 Å². The monoisotopic (exact) mass is 272 g/mol. The topological polar surface area (TPSA) is 51.5 Å². The van der Waals surface area contributed by atoms with Crippen molar-refractivity contribution < 1.29 is 13.2 Å². The fraction of sp³-hybridized carbons (Fsp3) is 0.667. The van der Waals surface area contributed by atoms with Crippen LogP contribution in [-0.2, 0) is 21.8 Å². The third-order valence-electron chi connectivity index (χ3n) is 3.43. The van der Waals surface area contributed by atoms with E-state index in [-0.39, 0.29) is 18.4 Å². The molecule has 5 nitrogen and oxygen atoms in total. The Kier molecular flexibility index (Phi) is 4.09. The number of sulfonamides is 1. The van der Waals surface area contributed by atoms with Crippen molar-refractivity contribution in [3.8, 4) is 0 Å². The van der Waals surface area contributed by atoms with Crippen LogP contribution in [-0.4, -0.2) is 43.3 Å². The lowest BCUT2D eigenvalue weighted by Crippen LogP contribution is -2.34. The normalized spacial score (nSPS) is 21.6. The molecule has 0 spiro atoms. The van der Waals surface area contributed by atoms with E-state index in [1.807, 2.05) is 29.9 Å². The van der Waals surface area contributed by atoms with Crippen molar-refractivity contribution in [1.82, 2.24) is 8.87 Å². The molecule has 1 aromatic heterocycles. The smallest absolute Gasteiger partial charge is 0.216 e. The third kappa shape index (κ3) is 2.60. The number of aryl methyl sites for hydroxylation is 1. The van der Waals surface area contributed by atoms with Gasteiger partial charge in [-0.05, 0) is 25.0 Å². The van der Waals surface area contributed by atoms with E-state index in [1.54, 1.807) is 4.31 Å². The van der Waals surface area contributed by atoms with Crippen molar-refractivity contribution in [2.45, 2.75) is 18.9 Å². The molecule has 0 aromatic carbocycles. The van der Waals surface area contributed by atoms with E-state index in [0.717, 1.165) is 18.5 Å². The highest BCUT2D eigenvalue weighted by atomic mass is 32.2. The standard InChI is InChI=1S/C12H20N2O3S/c1-13-7-3-5-11(13)12-6-4-8-14(12)18(15,16)10-9-17-2/h3,5,7,12H,4,6,8-10H2,1-2H3/t12-/m0/s1. The van der Waals surface area contributed by atoms with Gasteiger partial charge in [-0.25, -0.2) is 8.42 Å². The van der Waals surface area contributed by atoms with Gasteiger partial charge in [0.05, 0.1) is 18.4 Å². The molecule has 0 amide bonds. The first-order valence-electron chi connectivity index (χ1n) is 6.16. The second-order valence-corrected chi connectivity index (χ2v) is 6.66. The average molecular weight is 272 g/mol. The summed E-state index contributed by atoms with van der Waals surface area (Å²) < 4.78 is 33.0. The summed E-state index contributed by atoms with van der Waals surface area (Å²) in [6.07, 6.45) is 3.76. The molecule has 1 saturated heterocycles. The van der Waals surface area contributed by atoms with Gasteiger partial charge in [-0.1, -0.05) is 0 Å². The fourth-order valence-electron chi connectivity index (χ4n) is 2.50. The second kappa shape index (κ2) is 5.42. The number of hydrogen-bond donors (Lipinski definition) is 0. The van der Waals surface area contributed by atoms with Crippen molar-refractivity contribution in [3.63, 3.8) is 0 Å². The van der Waals surface area contributed by atoms with Gasteiger partial charge < -0.3 is 9.30 Å². The van der Waals surface area contributed by atoms with Gasteiger partial charge in [-0.3, -0.25) is 0 Å². The number of nitrogens with zero attached hydrogens (tertiary/aromatic N) is 2. The maximum Gasteiger partial charge on any atom is 0.216 e. The van der Waals surface area contributed by atoms with Crippen LogP contribution in [0.25, 0.3) is 0 Å². The molecule has 6 heteroatoms. The number of aromatic nitrogens is 1. The molecule has 1 aromatic rings. The molecule has 0 saturated carbocycles. The Morgan fingerprint density at radius 3 is 2.89 bits per heavy atom. The minimum absolute atomic E-state index is 0.0214. The summed E-state index contributed by atoms with van der Waals surface area (Å²) >= 11 is 0. The van der Waals surface area contributed by atoms with Crippen LogP contribution < -0.4 is 0 Å². The predicted octanol–water partition coefficient (Wildman–Crippen LogP) is 1.14. The van der Waals surface area contributed by atoms with Crippen molar-refractivity contribution in [2.75, 3.05) is 26.0 Å². The number of methoxy groups -OCH3 is 1. The predicted molar refractivity (Wildman–Crippen MR) is 69.8 cm³/mol. The number of rotatable bonds is 5. The van der Waals surface area contributed by atoms with Crippen LogP contribution >= 0.6 is 0 Å². The molecule has 2 rings (SSSR count). The van der Waals surface area contributed by atoms with Crippen LogP contribution in [0.1, 0.15) is 24.6 Å². The van der Waals surface area contributed by atoms with E-state index in [0.29, 0.717) is 6.54 Å². The molecule has 102 valence electrons. The molecule has 0 N–H and O–H groups in total. The van der Waals surface area contributed by atoms with Crippen LogP contribution in [0.3, 0.4) is 0 Å². The quantitative estimate of drug-likeness (QED) is 0.807. The van der Waals surface area contributed by atoms with Gasteiger partial charge in [0.1, 0.15) is 0 Å². The Morgan fingerprint density at radius 1 is 1.50 bits per heavy atom. The van der Waals surface area contributed by atoms with Gasteiger partial charge in [-0.15, -0.1) is 0 Å². The van der Waals surface area contributed by atoms with Gasteiger partial charge in [0.2, 0.25) is 10.0 Å². The summed E-state index contributed by atoms with van der Waals surface area (Å²) in [6.45, 7) is 0.862. The molecule has 0 bridgehead atoms. The Bertz CT molecular complexity index is 495. The van der Waals surface area contributed by atoms with Gasteiger partial charge in [0.25, 0.3) is 0 Å². The largest absolute Gasteiger partial charge is 0.384 e. The lowest BCUT2D eigenvalue weighted by Gasteiger charge is -2.24. The van der Waals surface area contributed by atoms with E-state index in [2.05, 4.69) is 0 Å². The summed E-state index contributed by atoms with van der Waals surface area (Å²) in [6, 6.07) is 3.93. The second-order valence-electron chi connectivity index (χ2n) is 4.62. The van der Waals surface area contributed by atoms with Crippen molar-refractivity contribution in [1.29, 1.82) is 0 Å². The van der Waals surface area contributed by atoms with E-state index in [4.69, 9.17) is 4.74 Å². The van der Waals surface area contributed by atoms with Crippen molar-refractivity contribution >= 4 is 10.0 Å². The van der Waals surface area contributed by atoms with Crippen LogP contribution in [0.2, 0.25) is 0 Å². The maximum atomic E-state index is 12.2. The van der Waals surface area contributed by atoms with Crippen LogP contribution in [0.15, 0.2) is 18.3 Å². The van der Waals surface area contributed by atoms with Crippen LogP contribution in [0.4, 0.5) is 0 Å². The summed E-state index contributed by atoms with van der Waals surface area (Å²) in [5, 5.41) is 0. The summed E-state index contributed by atoms with van der Waals surface area (Å²) in [5.74, 6) is 0.0599. The van der Waals surface area contributed by atoms with E-state index in [1.165, 1.54) is 7.11 Å². The lowest BCUT2D eigenvalue weighted by atomic mass is 10.1. The summed E-state index contributed by atoms with van der Waals surface area (Å²) in [5.41, 5.74) is 1.06. The minimum Gasteiger partial charge on any atom is -0.384 e. The summed E-state index contributed by atoms with van der Waals surface area (Å²) in [7, 11) is 0.255. The van der Waals surface area contributed by atoms with Crippen LogP contribution in [0, 0.1) is 0 Å². The van der Waals surface area contributed by atoms with E-state index in [9.17, 15) is 8.42 Å². The molecule has 0 radical (unpaired) electrons. The van der Waals surface area contributed by atoms with Gasteiger partial charge in [-0.2, -0.15) is 4.31 Å². The first kappa shape index (κ1) is 13.6. The average Bonchev–Trinajstić information content (AvgIpc) is 2.94. The molecule has 0 unspecified atom stereocenters. The molecule has 0 aliphatic carbocycles. The highest BCUT2D eigenvalue weighted by Gasteiger charge is 2.35. The third-order valence-corrected chi connectivity index (χ3v) is 5.27. The first-order valence-corrected chi connectivity index (χ1v) is 7.77. The molecule has 18 heavy (non-hydrogen) atoms. The van der Waals surface area contributed by atoms with E-state index < -0.39 is 10.0 Å². The van der Waals surface area contributed by atoms with Gasteiger partial charge in [0, 0.05) is 32.6 Å². The zero-order chi connectivity index (χ0) is 13.2. The lowest BCUT2D eigenvalue weighted by molar-refractivity contribution is 0.215. The first-order chi connectivity index (χ1) is 8.56. The molecule has 2 heterocycles. The highest BCUT2D eigenvalue weighted by Crippen LogP contribution is 2.34. The van der Waals surface area contributed by atoms with Crippen LogP contribution in [0.5, 0.6) is 0 Å². The molecule has 1 atom stereocenters. The molecular weight excluding hydrogens is 252 g/mol. The Balaban J connectivity index is 2.20. The number of hydrogen-bond acceptors (Lipinski definition) is 3. The Morgan fingerprint density at radius 2 is 2.28 bits per heavy atom. The number of ether oxygens (including phenoxy) is 1. The summed E-state index contributed by atoms with van der Waals surface area (Å²) in [4.78, 5) is 0. The fourth-order valence-corrected chi connectivity index (χ4v) is 4.12. The van der Waals surface area contributed by atoms with E-state index >= 15 is 0 Å². The molecule has 1 fully saturated rings. The molecular formula is C12H20N2O3S. The van der Waals surface area contributed by atoms with Gasteiger partial charge >= 0.3 is 0 Å².